The molecule has 8 heteroatoms. The third kappa shape index (κ3) is 6.64. The fraction of sp³-hybridized carbons (Fsp3) is 0.241. The molecule has 1 aliphatic heterocycles. The van der Waals surface area contributed by atoms with E-state index in [0.717, 1.165) is 44.7 Å². The van der Waals surface area contributed by atoms with Gasteiger partial charge in [-0.3, -0.25) is 0 Å². The average Bonchev–Trinajstić information content (AvgIpc) is 3.55. The molecule has 37 heavy (non-hydrogen) atoms. The predicted molar refractivity (Wildman–Crippen MR) is 145 cm³/mol. The van der Waals surface area contributed by atoms with Crippen LogP contribution in [0.5, 0.6) is 0 Å². The van der Waals surface area contributed by atoms with E-state index >= 15 is 0 Å². The van der Waals surface area contributed by atoms with Crippen molar-refractivity contribution in [3.63, 3.8) is 0 Å². The minimum Gasteiger partial charge on any atom is -0.455 e. The van der Waals surface area contributed by atoms with Crippen LogP contribution in [-0.4, -0.2) is 49.4 Å². The summed E-state index contributed by atoms with van der Waals surface area (Å²) in [6, 6.07) is 20.9. The first kappa shape index (κ1) is 25.2. The van der Waals surface area contributed by atoms with Gasteiger partial charge >= 0.3 is 0 Å². The van der Waals surface area contributed by atoms with Gasteiger partial charge in [-0.25, -0.2) is 0 Å². The van der Waals surface area contributed by atoms with Crippen LogP contribution in [0, 0.1) is 0 Å². The summed E-state index contributed by atoms with van der Waals surface area (Å²) in [7, 11) is 0. The Morgan fingerprint density at radius 3 is 2.38 bits per heavy atom. The highest BCUT2D eigenvalue weighted by Gasteiger charge is 2.25. The molecule has 0 radical (unpaired) electrons. The lowest BCUT2D eigenvalue weighted by atomic mass is 10.1. The van der Waals surface area contributed by atoms with Crippen LogP contribution in [-0.2, 0) is 4.74 Å². The van der Waals surface area contributed by atoms with E-state index in [1.54, 1.807) is 30.5 Å². The SMILES string of the molecule is FC(F)Sc1ccc(-c2ccc(/C=N/N=C/C3=C(N4CCOCC4)C(=C\c4ccccc4)/CC3)o2)cc1. The van der Waals surface area contributed by atoms with Gasteiger partial charge in [-0.2, -0.15) is 19.0 Å². The summed E-state index contributed by atoms with van der Waals surface area (Å²) in [5.74, 6) is -1.23. The molecule has 1 aromatic heterocycles. The summed E-state index contributed by atoms with van der Waals surface area (Å²) >= 11 is 0.523. The topological polar surface area (TPSA) is 50.3 Å². The minimum atomic E-state index is -2.44. The molecule has 1 aliphatic carbocycles. The number of hydrogen-bond donors (Lipinski definition) is 0. The second-order valence-corrected chi connectivity index (χ2v) is 9.71. The maximum Gasteiger partial charge on any atom is 0.288 e. The van der Waals surface area contributed by atoms with Crippen molar-refractivity contribution < 1.29 is 17.9 Å². The standard InChI is InChI=1S/C29H27F2N3O2S/c30-29(31)37-26-11-8-22(9-12-26)27-13-10-25(36-27)20-33-32-19-24-7-6-23(18-21-4-2-1-3-5-21)28(24)34-14-16-35-17-15-34/h1-5,8-13,18-20,29H,6-7,14-17H2/b23-18-,32-19+,33-20+. The van der Waals surface area contributed by atoms with E-state index < -0.39 is 5.76 Å². The number of rotatable bonds is 8. The summed E-state index contributed by atoms with van der Waals surface area (Å²) in [6.07, 6.45) is 7.55. The molecule has 0 atom stereocenters. The number of halogens is 2. The number of furan rings is 1. The van der Waals surface area contributed by atoms with E-state index in [1.807, 2.05) is 24.4 Å². The van der Waals surface area contributed by atoms with Crippen LogP contribution in [0.4, 0.5) is 8.78 Å². The molecule has 0 amide bonds. The van der Waals surface area contributed by atoms with Crippen molar-refractivity contribution in [2.45, 2.75) is 23.5 Å². The van der Waals surface area contributed by atoms with Gasteiger partial charge in [0.1, 0.15) is 11.5 Å². The Labute approximate surface area is 219 Å². The fourth-order valence-electron chi connectivity index (χ4n) is 4.49. The first-order valence-corrected chi connectivity index (χ1v) is 13.1. The zero-order chi connectivity index (χ0) is 25.5. The Balaban J connectivity index is 1.30. The molecule has 1 fully saturated rings. The van der Waals surface area contributed by atoms with Gasteiger partial charge in [0.05, 0.1) is 25.6 Å². The van der Waals surface area contributed by atoms with Gasteiger partial charge in [-0.05, 0) is 59.9 Å². The Morgan fingerprint density at radius 1 is 0.865 bits per heavy atom. The third-order valence-electron chi connectivity index (χ3n) is 6.20. The van der Waals surface area contributed by atoms with Crippen LogP contribution in [0.15, 0.2) is 103 Å². The number of benzene rings is 2. The second kappa shape index (κ2) is 12.2. The van der Waals surface area contributed by atoms with Gasteiger partial charge in [-0.1, -0.05) is 54.2 Å². The molecule has 190 valence electrons. The van der Waals surface area contributed by atoms with Gasteiger partial charge < -0.3 is 14.1 Å². The molecular weight excluding hydrogens is 492 g/mol. The molecular formula is C29H27F2N3O2S. The number of hydrogen-bond acceptors (Lipinski definition) is 6. The molecule has 3 aromatic rings. The van der Waals surface area contributed by atoms with E-state index in [1.165, 1.54) is 22.4 Å². The number of allylic oxidation sites excluding steroid dienone is 2. The Hall–Kier alpha value is -3.49. The molecule has 2 aromatic carbocycles. The summed E-state index contributed by atoms with van der Waals surface area (Å²) < 4.78 is 36.5. The molecule has 0 bridgehead atoms. The molecule has 5 nitrogen and oxygen atoms in total. The summed E-state index contributed by atoms with van der Waals surface area (Å²) in [4.78, 5) is 2.90. The van der Waals surface area contributed by atoms with E-state index in [9.17, 15) is 8.78 Å². The Morgan fingerprint density at radius 2 is 1.62 bits per heavy atom. The van der Waals surface area contributed by atoms with Crippen molar-refractivity contribution in [1.29, 1.82) is 0 Å². The number of nitrogens with zero attached hydrogens (tertiary/aromatic N) is 3. The van der Waals surface area contributed by atoms with Gasteiger partial charge in [-0.15, -0.1) is 0 Å². The zero-order valence-electron chi connectivity index (χ0n) is 20.2. The quantitative estimate of drug-likeness (QED) is 0.180. The molecule has 2 heterocycles. The lowest BCUT2D eigenvalue weighted by molar-refractivity contribution is 0.0548. The van der Waals surface area contributed by atoms with Crippen molar-refractivity contribution in [1.82, 2.24) is 4.90 Å². The summed E-state index contributed by atoms with van der Waals surface area (Å²) in [6.45, 7) is 3.16. The molecule has 0 saturated carbocycles. The van der Waals surface area contributed by atoms with Crippen molar-refractivity contribution in [3.05, 3.63) is 94.9 Å². The van der Waals surface area contributed by atoms with Crippen molar-refractivity contribution in [2.24, 2.45) is 10.2 Å². The predicted octanol–water partition coefficient (Wildman–Crippen LogP) is 7.13. The number of ether oxygens (including phenoxy) is 1. The van der Waals surface area contributed by atoms with Gasteiger partial charge in [0.2, 0.25) is 0 Å². The summed E-state index contributed by atoms with van der Waals surface area (Å²) in [5, 5.41) is 8.54. The molecule has 0 spiro atoms. The van der Waals surface area contributed by atoms with E-state index in [-0.39, 0.29) is 0 Å². The van der Waals surface area contributed by atoms with Crippen LogP contribution >= 0.6 is 11.8 Å². The van der Waals surface area contributed by atoms with Crippen molar-refractivity contribution in [3.8, 4) is 11.3 Å². The Bertz CT molecular complexity index is 1310. The number of alkyl halides is 2. The third-order valence-corrected chi connectivity index (χ3v) is 6.92. The molecule has 5 rings (SSSR count). The monoisotopic (exact) mass is 519 g/mol. The van der Waals surface area contributed by atoms with E-state index in [2.05, 4.69) is 45.4 Å². The zero-order valence-corrected chi connectivity index (χ0v) is 21.0. The smallest absolute Gasteiger partial charge is 0.288 e. The van der Waals surface area contributed by atoms with Crippen LogP contribution in [0.3, 0.4) is 0 Å². The van der Waals surface area contributed by atoms with Crippen molar-refractivity contribution in [2.75, 3.05) is 26.3 Å². The molecule has 2 aliphatic rings. The van der Waals surface area contributed by atoms with Crippen molar-refractivity contribution >= 4 is 30.3 Å². The largest absolute Gasteiger partial charge is 0.455 e. The number of thioether (sulfide) groups is 1. The van der Waals surface area contributed by atoms with Crippen LogP contribution in [0.1, 0.15) is 24.2 Å². The number of morpholine rings is 1. The van der Waals surface area contributed by atoms with Gasteiger partial charge in [0, 0.05) is 29.2 Å². The maximum absolute atomic E-state index is 12.5. The first-order valence-electron chi connectivity index (χ1n) is 12.2. The maximum atomic E-state index is 12.5. The van der Waals surface area contributed by atoms with Gasteiger partial charge in [0.25, 0.3) is 5.76 Å². The highest BCUT2D eigenvalue weighted by molar-refractivity contribution is 7.99. The van der Waals surface area contributed by atoms with Crippen LogP contribution in [0.2, 0.25) is 0 Å². The van der Waals surface area contributed by atoms with E-state index in [4.69, 9.17) is 9.15 Å². The fourth-order valence-corrected chi connectivity index (χ4v) is 4.99. The summed E-state index contributed by atoms with van der Waals surface area (Å²) in [5.41, 5.74) is 5.72. The Kier molecular flexibility index (Phi) is 8.28. The highest BCUT2D eigenvalue weighted by atomic mass is 32.2. The van der Waals surface area contributed by atoms with E-state index in [0.29, 0.717) is 28.2 Å². The molecule has 1 saturated heterocycles. The van der Waals surface area contributed by atoms with Crippen LogP contribution in [0.25, 0.3) is 17.4 Å². The average molecular weight is 520 g/mol. The molecule has 0 unspecified atom stereocenters. The lowest BCUT2D eigenvalue weighted by Gasteiger charge is -2.31. The normalized spacial score (nSPS) is 17.8. The molecule has 0 N–H and O–H groups in total. The highest BCUT2D eigenvalue weighted by Crippen LogP contribution is 2.35. The van der Waals surface area contributed by atoms with Gasteiger partial charge in [0.15, 0.2) is 0 Å². The first-order chi connectivity index (χ1) is 18.2. The second-order valence-electron chi connectivity index (χ2n) is 8.65. The minimum absolute atomic E-state index is 0.515. The van der Waals surface area contributed by atoms with Crippen LogP contribution < -0.4 is 0 Å². The lowest BCUT2D eigenvalue weighted by Crippen LogP contribution is -2.36.